The molecule has 0 aliphatic carbocycles. The van der Waals surface area contributed by atoms with Crippen molar-refractivity contribution >= 4 is 0 Å². The third-order valence-electron chi connectivity index (χ3n) is 21.6. The zero-order valence-electron chi connectivity index (χ0n) is 81.1. The van der Waals surface area contributed by atoms with Gasteiger partial charge in [-0.25, -0.2) is 0 Å². The molecule has 0 amide bonds. The van der Waals surface area contributed by atoms with Gasteiger partial charge in [-0.15, -0.1) is 0 Å². The van der Waals surface area contributed by atoms with Gasteiger partial charge in [-0.2, -0.15) is 0 Å². The van der Waals surface area contributed by atoms with Gasteiger partial charge in [0.2, 0.25) is 0 Å². The predicted octanol–water partition coefficient (Wildman–Crippen LogP) is 30.5. The van der Waals surface area contributed by atoms with E-state index in [0.29, 0.717) is 46.3 Å². The van der Waals surface area contributed by atoms with E-state index in [9.17, 15) is 0 Å². The highest BCUT2D eigenvalue weighted by Gasteiger charge is 2.47. The van der Waals surface area contributed by atoms with Crippen LogP contribution in [0.25, 0.3) is 0 Å². The lowest BCUT2D eigenvalue weighted by Gasteiger charge is -2.48. The minimum Gasteiger partial charge on any atom is -0.381 e. The molecular weight excluding hydrogens is 1270 g/mol. The highest BCUT2D eigenvalue weighted by molar-refractivity contribution is 4.96. The van der Waals surface area contributed by atoms with Crippen molar-refractivity contribution in [2.45, 2.75) is 416 Å². The number of rotatable bonds is 38. The van der Waals surface area contributed by atoms with Crippen molar-refractivity contribution in [3.05, 3.63) is 0 Å². The van der Waals surface area contributed by atoms with E-state index in [2.05, 4.69) is 332 Å². The summed E-state index contributed by atoms with van der Waals surface area (Å²) in [6, 6.07) is 0. The maximum atomic E-state index is 7.24. The highest BCUT2D eigenvalue weighted by Crippen LogP contribution is 2.53. The minimum absolute atomic E-state index is 0.0651. The first kappa shape index (κ1) is 106. The summed E-state index contributed by atoms with van der Waals surface area (Å²) in [4.78, 5) is 0. The maximum Gasteiger partial charge on any atom is 0.0545 e. The molecule has 0 aromatic rings. The number of ether oxygens (including phenoxy) is 6. The third kappa shape index (κ3) is 52.9. The summed E-state index contributed by atoms with van der Waals surface area (Å²) in [7, 11) is 0. The Morgan fingerprint density at radius 3 is 0.481 bits per heavy atom. The molecule has 0 saturated carbocycles. The Kier molecular flexibility index (Phi) is 40.9. The number of hydrogen-bond donors (Lipinski definition) is 0. The van der Waals surface area contributed by atoms with E-state index < -0.39 is 0 Å². The summed E-state index contributed by atoms with van der Waals surface area (Å²) >= 11 is 0. The van der Waals surface area contributed by atoms with Gasteiger partial charge in [0.1, 0.15) is 0 Å². The van der Waals surface area contributed by atoms with Gasteiger partial charge >= 0.3 is 0 Å². The minimum atomic E-state index is -0.0651. The molecule has 104 heavy (non-hydrogen) atoms. The van der Waals surface area contributed by atoms with Gasteiger partial charge in [-0.05, 0) is 198 Å². The van der Waals surface area contributed by atoms with Crippen molar-refractivity contribution < 1.29 is 28.4 Å². The lowest BCUT2D eigenvalue weighted by molar-refractivity contribution is -0.112. The Bertz CT molecular complexity index is 2030. The van der Waals surface area contributed by atoms with Crippen LogP contribution in [0.15, 0.2) is 0 Å². The molecule has 0 saturated heterocycles. The molecule has 0 fully saturated rings. The van der Waals surface area contributed by atoms with Crippen molar-refractivity contribution in [1.82, 2.24) is 0 Å². The van der Waals surface area contributed by atoms with Gasteiger partial charge in [-0.1, -0.05) is 339 Å². The van der Waals surface area contributed by atoms with E-state index in [1.165, 1.54) is 70.6 Å². The third-order valence-corrected chi connectivity index (χ3v) is 21.6. The lowest BCUT2D eigenvalue weighted by Crippen LogP contribution is -2.44. The van der Waals surface area contributed by atoms with Crippen molar-refractivity contribution in [1.29, 1.82) is 0 Å². The zero-order chi connectivity index (χ0) is 82.9. The second-order valence-corrected chi connectivity index (χ2v) is 54.4. The molecule has 0 aliphatic heterocycles. The van der Waals surface area contributed by atoms with Crippen LogP contribution in [0.1, 0.15) is 416 Å². The predicted molar refractivity (Wildman–Crippen MR) is 464 cm³/mol. The van der Waals surface area contributed by atoms with E-state index >= 15 is 0 Å². The van der Waals surface area contributed by atoms with E-state index in [0.717, 1.165) is 92.1 Å². The summed E-state index contributed by atoms with van der Waals surface area (Å²) in [5, 5.41) is 0. The average molecular weight is 1470 g/mol. The smallest absolute Gasteiger partial charge is 0.0545 e. The van der Waals surface area contributed by atoms with Crippen LogP contribution in [-0.2, 0) is 28.4 Å². The summed E-state index contributed by atoms with van der Waals surface area (Å²) < 4.78 is 40.8. The fourth-order valence-electron chi connectivity index (χ4n) is 18.3. The standard InChI is InChI=1S/C51H104O4.C47H96O2/c1-44(2,3)28-40(48(13,14)15)32-54-36-42(50(19,20)21)34-52-30-38(46(7,8)9)26-25-27-39(47(10,11)12)31-53-35-43(51(22,23)24)37-55-33-41(49(16,17)18)29-45(4,5)6;1-37(2,3)25-45(26-38(4,5)6,27-39(7,8)9)33-48-35-47(31-43(19,20)21,32-44(22,23)24)36-49-34-46(28-40(10,11)12,29-41(13,14)15)30-42(16,17)18/h38-43H,25-37H2,1-24H3;25-36H2,1-24H3. The van der Waals surface area contributed by atoms with Crippen LogP contribution in [0.2, 0.25) is 0 Å². The Morgan fingerprint density at radius 2 is 0.317 bits per heavy atom. The van der Waals surface area contributed by atoms with Crippen molar-refractivity contribution in [2.75, 3.05) is 79.3 Å². The first-order valence-electron chi connectivity index (χ1n) is 42.9. The molecule has 0 bridgehead atoms. The van der Waals surface area contributed by atoms with E-state index in [1.807, 2.05) is 0 Å². The van der Waals surface area contributed by atoms with Crippen LogP contribution in [0.4, 0.5) is 0 Å². The molecule has 0 heterocycles. The van der Waals surface area contributed by atoms with Crippen LogP contribution in [0.5, 0.6) is 0 Å². The van der Waals surface area contributed by atoms with Gasteiger partial charge in [0.25, 0.3) is 0 Å². The Labute approximate surface area is 658 Å². The van der Waals surface area contributed by atoms with Gasteiger partial charge in [0, 0.05) is 43.7 Å². The number of hydrogen-bond acceptors (Lipinski definition) is 6. The molecule has 6 heteroatoms. The van der Waals surface area contributed by atoms with E-state index in [-0.39, 0.29) is 92.1 Å². The Morgan fingerprint density at radius 1 is 0.163 bits per heavy atom. The monoisotopic (exact) mass is 1470 g/mol. The lowest BCUT2D eigenvalue weighted by atomic mass is 9.61. The molecule has 6 atom stereocenters. The molecular formula is C98H200O6. The Balaban J connectivity index is 0. The molecule has 0 aromatic carbocycles. The molecule has 0 aliphatic rings. The van der Waals surface area contributed by atoms with Gasteiger partial charge in [-0.3, -0.25) is 0 Å². The van der Waals surface area contributed by atoms with E-state index in [1.54, 1.807) is 0 Å². The highest BCUT2D eigenvalue weighted by atomic mass is 16.5. The van der Waals surface area contributed by atoms with Crippen molar-refractivity contribution in [3.8, 4) is 0 Å². The van der Waals surface area contributed by atoms with Crippen molar-refractivity contribution in [2.24, 2.45) is 138 Å². The first-order chi connectivity index (χ1) is 45.4. The normalized spacial score (nSPS) is 16.8. The molecule has 0 aromatic heterocycles. The van der Waals surface area contributed by atoms with Crippen LogP contribution in [0.3, 0.4) is 0 Å². The zero-order valence-corrected chi connectivity index (χ0v) is 81.1. The first-order valence-corrected chi connectivity index (χ1v) is 42.9. The molecule has 0 spiro atoms. The molecule has 0 rings (SSSR count). The summed E-state index contributed by atoms with van der Waals surface area (Å²) in [5.41, 5.74) is 3.54. The molecule has 628 valence electrons. The summed E-state index contributed by atoms with van der Waals surface area (Å²) in [5.74, 6) is 2.79. The summed E-state index contributed by atoms with van der Waals surface area (Å²) in [6.07, 6.45) is 15.1. The second kappa shape index (κ2) is 40.2. The van der Waals surface area contributed by atoms with Gasteiger partial charge in [0.05, 0.1) is 52.9 Å². The summed E-state index contributed by atoms with van der Waals surface area (Å²) in [6.45, 7) is 124. The Hall–Kier alpha value is -0.240. The SMILES string of the molecule is CC(C)(C)CC(COCC(CC(C)(C)C)(CC(C)(C)C)CC(C)(C)C)(COCC(CC(C)(C)C)(CC(C)(C)C)CC(C)(C)C)CC(C)(C)C.CC(C)(C)CC(COCC(COCC(CCCC(COCC(COCC(CC(C)(C)C)C(C)(C)C)C(C)(C)C)C(C)(C)C)C(C)(C)C)C(C)(C)C)C(C)(C)C. The van der Waals surface area contributed by atoms with Crippen LogP contribution < -0.4 is 0 Å². The van der Waals surface area contributed by atoms with Crippen LogP contribution >= 0.6 is 0 Å². The molecule has 6 nitrogen and oxygen atoms in total. The quantitative estimate of drug-likeness (QED) is 0.0614. The topological polar surface area (TPSA) is 55.4 Å². The fraction of sp³-hybridized carbons (Fsp3) is 1.00. The maximum absolute atomic E-state index is 7.24. The molecule has 0 N–H and O–H groups in total. The van der Waals surface area contributed by atoms with Crippen LogP contribution in [-0.4, -0.2) is 79.3 Å². The van der Waals surface area contributed by atoms with Crippen molar-refractivity contribution in [3.63, 3.8) is 0 Å². The average Bonchev–Trinajstić information content (AvgIpc) is 0.797. The largest absolute Gasteiger partial charge is 0.381 e. The fourth-order valence-corrected chi connectivity index (χ4v) is 18.3. The van der Waals surface area contributed by atoms with Gasteiger partial charge in [0.15, 0.2) is 0 Å². The van der Waals surface area contributed by atoms with Gasteiger partial charge < -0.3 is 28.4 Å². The molecule has 6 unspecified atom stereocenters. The second-order valence-electron chi connectivity index (χ2n) is 54.4. The van der Waals surface area contributed by atoms with E-state index in [4.69, 9.17) is 28.4 Å². The molecule has 0 radical (unpaired) electrons. The van der Waals surface area contributed by atoms with Crippen LogP contribution in [0, 0.1) is 138 Å².